The van der Waals surface area contributed by atoms with Gasteiger partial charge < -0.3 is 4.43 Å². The average molecular weight is 411 g/mol. The molecule has 0 amide bonds. The van der Waals surface area contributed by atoms with Gasteiger partial charge in [-0.15, -0.1) is 0 Å². The highest BCUT2D eigenvalue weighted by Gasteiger charge is 2.38. The van der Waals surface area contributed by atoms with E-state index in [2.05, 4.69) is 74.5 Å². The summed E-state index contributed by atoms with van der Waals surface area (Å²) < 4.78 is 6.90. The average Bonchev–Trinajstić information content (AvgIpc) is 2.78. The minimum atomic E-state index is -2.16. The lowest BCUT2D eigenvalue weighted by Crippen LogP contribution is -2.60. The van der Waals surface area contributed by atoms with Crippen molar-refractivity contribution in [1.29, 1.82) is 0 Å². The molecule has 2 aromatic rings. The van der Waals surface area contributed by atoms with Crippen LogP contribution in [0.4, 0.5) is 0 Å². The van der Waals surface area contributed by atoms with Crippen LogP contribution in [0.25, 0.3) is 0 Å². The first-order chi connectivity index (χ1) is 14.3. The van der Waals surface area contributed by atoms with Crippen LogP contribution in [0.2, 0.25) is 6.04 Å². The van der Waals surface area contributed by atoms with Gasteiger partial charge in [0.25, 0.3) is 8.32 Å². The monoisotopic (exact) mass is 410 g/mol. The molecule has 0 saturated heterocycles. The van der Waals surface area contributed by atoms with Gasteiger partial charge in [-0.25, -0.2) is 0 Å². The maximum Gasteiger partial charge on any atom is 0.255 e. The minimum Gasteiger partial charge on any atom is -0.408 e. The molecule has 0 aromatic heterocycles. The van der Waals surface area contributed by atoms with Crippen molar-refractivity contribution in [3.63, 3.8) is 0 Å². The van der Waals surface area contributed by atoms with E-state index < -0.39 is 8.32 Å². The molecule has 0 saturated carbocycles. The van der Waals surface area contributed by atoms with E-state index >= 15 is 0 Å². The Labute approximate surface area is 181 Å². The number of rotatable bonds is 16. The van der Waals surface area contributed by atoms with Crippen molar-refractivity contribution in [3.05, 3.63) is 60.7 Å². The van der Waals surface area contributed by atoms with Crippen LogP contribution < -0.4 is 10.4 Å². The SMILES string of the molecule is CCCCCCCCCCCO[Si](CCCC)(c1ccccc1)c1ccccc1. The number of hydrogen-bond acceptors (Lipinski definition) is 1. The highest BCUT2D eigenvalue weighted by atomic mass is 28.4. The Kier molecular flexibility index (Phi) is 12.0. The Balaban J connectivity index is 1.94. The third-order valence-electron chi connectivity index (χ3n) is 5.96. The van der Waals surface area contributed by atoms with Gasteiger partial charge >= 0.3 is 0 Å². The van der Waals surface area contributed by atoms with Crippen LogP contribution in [0.5, 0.6) is 0 Å². The predicted octanol–water partition coefficient (Wildman–Crippen LogP) is 7.09. The van der Waals surface area contributed by atoms with Crippen molar-refractivity contribution < 1.29 is 4.43 Å². The maximum atomic E-state index is 6.90. The molecule has 0 bridgehead atoms. The molecule has 2 heteroatoms. The molecule has 2 aromatic carbocycles. The highest BCUT2D eigenvalue weighted by Crippen LogP contribution is 2.18. The van der Waals surface area contributed by atoms with Gasteiger partial charge in [-0.05, 0) is 22.8 Å². The van der Waals surface area contributed by atoms with E-state index in [0.717, 1.165) is 6.61 Å². The molecule has 1 nitrogen and oxygen atoms in total. The van der Waals surface area contributed by atoms with Gasteiger partial charge in [-0.3, -0.25) is 0 Å². The van der Waals surface area contributed by atoms with Crippen LogP contribution in [0, 0.1) is 0 Å². The van der Waals surface area contributed by atoms with Crippen LogP contribution in [-0.2, 0) is 4.43 Å². The van der Waals surface area contributed by atoms with Crippen LogP contribution in [0.15, 0.2) is 60.7 Å². The zero-order valence-electron chi connectivity index (χ0n) is 18.9. The standard InChI is InChI=1S/C27H42OSi/c1-3-5-7-8-9-10-11-12-19-24-28-29(25-6-4-2,26-20-15-13-16-21-26)27-22-17-14-18-23-27/h13-18,20-23H,3-12,19,24-25H2,1-2H3. The topological polar surface area (TPSA) is 9.23 Å². The lowest BCUT2D eigenvalue weighted by atomic mass is 10.1. The van der Waals surface area contributed by atoms with Gasteiger partial charge in [-0.1, -0.05) is 139 Å². The first-order valence-electron chi connectivity index (χ1n) is 12.1. The molecule has 29 heavy (non-hydrogen) atoms. The van der Waals surface area contributed by atoms with Crippen LogP contribution >= 0.6 is 0 Å². The van der Waals surface area contributed by atoms with E-state index in [1.54, 1.807) is 0 Å². The summed E-state index contributed by atoms with van der Waals surface area (Å²) in [5.41, 5.74) is 0. The smallest absolute Gasteiger partial charge is 0.255 e. The summed E-state index contributed by atoms with van der Waals surface area (Å²) >= 11 is 0. The molecule has 0 unspecified atom stereocenters. The molecule has 2 rings (SSSR count). The Morgan fingerprint density at radius 1 is 0.552 bits per heavy atom. The third-order valence-corrected chi connectivity index (χ3v) is 10.2. The van der Waals surface area contributed by atoms with Gasteiger partial charge in [0.2, 0.25) is 0 Å². The highest BCUT2D eigenvalue weighted by molar-refractivity contribution is 6.97. The largest absolute Gasteiger partial charge is 0.408 e. The number of benzene rings is 2. The summed E-state index contributed by atoms with van der Waals surface area (Å²) in [6.45, 7) is 5.47. The first-order valence-corrected chi connectivity index (χ1v) is 14.2. The van der Waals surface area contributed by atoms with E-state index in [1.807, 2.05) is 0 Å². The van der Waals surface area contributed by atoms with Gasteiger partial charge in [0.05, 0.1) is 0 Å². The van der Waals surface area contributed by atoms with Crippen molar-refractivity contribution in [2.45, 2.75) is 90.5 Å². The second kappa shape index (κ2) is 14.6. The molecule has 0 aliphatic carbocycles. The molecule has 0 heterocycles. The van der Waals surface area contributed by atoms with Crippen molar-refractivity contribution >= 4 is 18.7 Å². The molecular weight excluding hydrogens is 368 g/mol. The lowest BCUT2D eigenvalue weighted by molar-refractivity contribution is 0.301. The summed E-state index contributed by atoms with van der Waals surface area (Å²) in [5.74, 6) is 0. The molecule has 0 aliphatic rings. The van der Waals surface area contributed by atoms with Gasteiger partial charge in [-0.2, -0.15) is 0 Å². The van der Waals surface area contributed by atoms with Crippen molar-refractivity contribution in [2.75, 3.05) is 6.61 Å². The van der Waals surface area contributed by atoms with Crippen molar-refractivity contribution in [1.82, 2.24) is 0 Å². The summed E-state index contributed by atoms with van der Waals surface area (Å²) in [7, 11) is -2.16. The Morgan fingerprint density at radius 2 is 1.00 bits per heavy atom. The second-order valence-corrected chi connectivity index (χ2v) is 11.9. The summed E-state index contributed by atoms with van der Waals surface area (Å²) in [6, 6.07) is 23.3. The summed E-state index contributed by atoms with van der Waals surface area (Å²) in [4.78, 5) is 0. The molecule has 0 radical (unpaired) electrons. The Bertz CT molecular complexity index is 586. The minimum absolute atomic E-state index is 0.898. The van der Waals surface area contributed by atoms with Crippen molar-refractivity contribution in [2.24, 2.45) is 0 Å². The molecule has 0 spiro atoms. The predicted molar refractivity (Wildman–Crippen MR) is 131 cm³/mol. The fourth-order valence-electron chi connectivity index (χ4n) is 4.19. The zero-order chi connectivity index (χ0) is 20.6. The molecule has 0 N–H and O–H groups in total. The fourth-order valence-corrected chi connectivity index (χ4v) is 8.39. The van der Waals surface area contributed by atoms with E-state index in [1.165, 1.54) is 87.0 Å². The summed E-state index contributed by atoms with van der Waals surface area (Å²) in [6.07, 6.45) is 14.7. The van der Waals surface area contributed by atoms with E-state index in [9.17, 15) is 0 Å². The van der Waals surface area contributed by atoms with Crippen LogP contribution in [0.1, 0.15) is 84.5 Å². The van der Waals surface area contributed by atoms with Gasteiger partial charge in [0, 0.05) is 6.61 Å². The van der Waals surface area contributed by atoms with Gasteiger partial charge in [0.15, 0.2) is 0 Å². The van der Waals surface area contributed by atoms with Crippen LogP contribution in [0.3, 0.4) is 0 Å². The van der Waals surface area contributed by atoms with E-state index in [0.29, 0.717) is 0 Å². The molecule has 0 fully saturated rings. The fraction of sp³-hybridized carbons (Fsp3) is 0.556. The zero-order valence-corrected chi connectivity index (χ0v) is 19.9. The number of hydrogen-bond donors (Lipinski definition) is 0. The quantitative estimate of drug-likeness (QED) is 0.212. The normalized spacial score (nSPS) is 11.7. The van der Waals surface area contributed by atoms with E-state index in [4.69, 9.17) is 4.43 Å². The molecule has 0 atom stereocenters. The van der Waals surface area contributed by atoms with Gasteiger partial charge in [0.1, 0.15) is 0 Å². The van der Waals surface area contributed by atoms with Crippen molar-refractivity contribution in [3.8, 4) is 0 Å². The molecule has 0 aliphatic heterocycles. The Morgan fingerprint density at radius 3 is 1.48 bits per heavy atom. The lowest BCUT2D eigenvalue weighted by Gasteiger charge is -2.32. The molecule has 160 valence electrons. The number of unbranched alkanes of at least 4 members (excludes halogenated alkanes) is 9. The summed E-state index contributed by atoms with van der Waals surface area (Å²) in [5, 5.41) is 2.85. The van der Waals surface area contributed by atoms with E-state index in [-0.39, 0.29) is 0 Å². The molecular formula is C27H42OSi. The Hall–Kier alpha value is -1.38. The van der Waals surface area contributed by atoms with Crippen LogP contribution in [-0.4, -0.2) is 14.9 Å². The maximum absolute atomic E-state index is 6.90. The first kappa shape index (κ1) is 23.9. The third kappa shape index (κ3) is 8.10. The second-order valence-electron chi connectivity index (χ2n) is 8.34.